The summed E-state index contributed by atoms with van der Waals surface area (Å²) in [6, 6.07) is 6.86. The summed E-state index contributed by atoms with van der Waals surface area (Å²) in [4.78, 5) is 14.3. The van der Waals surface area contributed by atoms with Crippen LogP contribution in [-0.2, 0) is 0 Å². The second kappa shape index (κ2) is 5.94. The van der Waals surface area contributed by atoms with Gasteiger partial charge in [-0.3, -0.25) is 15.5 Å². The molecule has 0 bridgehead atoms. The number of halogens is 2. The van der Waals surface area contributed by atoms with Crippen molar-refractivity contribution in [2.45, 2.75) is 0 Å². The highest BCUT2D eigenvalue weighted by molar-refractivity contribution is 6.42. The number of benzene rings is 1. The molecule has 2 aromatic rings. The van der Waals surface area contributed by atoms with Crippen molar-refractivity contribution in [1.29, 1.82) is 5.41 Å². The minimum absolute atomic E-state index is 0.0427. The van der Waals surface area contributed by atoms with E-state index in [4.69, 9.17) is 39.1 Å². The largest absolute Gasteiger partial charge is 0.432 e. The number of aromatic nitrogens is 1. The van der Waals surface area contributed by atoms with Crippen molar-refractivity contribution in [3.05, 3.63) is 56.2 Å². The monoisotopic (exact) mass is 326 g/mol. The molecule has 0 unspecified atom stereocenters. The molecule has 0 radical (unpaired) electrons. The maximum Gasteiger partial charge on any atom is 0.313 e. The third-order valence-electron chi connectivity index (χ3n) is 2.41. The molecule has 0 spiro atoms. The van der Waals surface area contributed by atoms with E-state index in [0.29, 0.717) is 0 Å². The number of amidine groups is 1. The molecule has 108 valence electrons. The first-order valence-electron chi connectivity index (χ1n) is 5.51. The summed E-state index contributed by atoms with van der Waals surface area (Å²) in [5.41, 5.74) is 5.16. The molecule has 0 atom stereocenters. The zero-order valence-corrected chi connectivity index (χ0v) is 11.9. The van der Waals surface area contributed by atoms with Crippen molar-refractivity contribution in [3.8, 4) is 11.6 Å². The number of hydrogen-bond acceptors (Lipinski definition) is 5. The van der Waals surface area contributed by atoms with Crippen LogP contribution in [0.2, 0.25) is 10.0 Å². The minimum Gasteiger partial charge on any atom is -0.432 e. The van der Waals surface area contributed by atoms with E-state index in [2.05, 4.69) is 4.98 Å². The van der Waals surface area contributed by atoms with Crippen LogP contribution < -0.4 is 10.5 Å². The van der Waals surface area contributed by atoms with Gasteiger partial charge in [0.05, 0.1) is 15.0 Å². The van der Waals surface area contributed by atoms with Gasteiger partial charge < -0.3 is 10.5 Å². The van der Waals surface area contributed by atoms with E-state index in [1.807, 2.05) is 0 Å². The Hall–Kier alpha value is -2.38. The minimum atomic E-state index is -0.646. The highest BCUT2D eigenvalue weighted by Gasteiger charge is 2.19. The van der Waals surface area contributed by atoms with Crippen molar-refractivity contribution in [3.63, 3.8) is 0 Å². The van der Waals surface area contributed by atoms with Crippen LogP contribution in [0.3, 0.4) is 0 Å². The van der Waals surface area contributed by atoms with Crippen LogP contribution in [0.25, 0.3) is 0 Å². The SMILES string of the molecule is N=C(N)c1cccc(Oc2cc(Cl)c(Cl)cc2[N+](=O)[O-])n1. The predicted octanol–water partition coefficient (Wildman–Crippen LogP) is 3.37. The maximum atomic E-state index is 11.0. The Morgan fingerprint density at radius 1 is 1.33 bits per heavy atom. The third kappa shape index (κ3) is 3.39. The average Bonchev–Trinajstić information content (AvgIpc) is 2.42. The van der Waals surface area contributed by atoms with Gasteiger partial charge >= 0.3 is 5.69 Å². The van der Waals surface area contributed by atoms with Gasteiger partial charge in [0.1, 0.15) is 11.5 Å². The van der Waals surface area contributed by atoms with E-state index < -0.39 is 4.92 Å². The number of hydrogen-bond donors (Lipinski definition) is 2. The van der Waals surface area contributed by atoms with Crippen molar-refractivity contribution >= 4 is 34.7 Å². The molecule has 1 aromatic carbocycles. The molecule has 21 heavy (non-hydrogen) atoms. The molecule has 1 heterocycles. The van der Waals surface area contributed by atoms with Crippen molar-refractivity contribution in [1.82, 2.24) is 4.98 Å². The number of nitrogens with zero attached hydrogens (tertiary/aromatic N) is 2. The van der Waals surface area contributed by atoms with Gasteiger partial charge in [0, 0.05) is 18.2 Å². The Balaban J connectivity index is 2.43. The Morgan fingerprint density at radius 2 is 2.00 bits per heavy atom. The zero-order valence-electron chi connectivity index (χ0n) is 10.3. The summed E-state index contributed by atoms with van der Waals surface area (Å²) in [5.74, 6) is -0.309. The van der Waals surface area contributed by atoms with Crippen LogP contribution >= 0.6 is 23.2 Å². The fourth-order valence-corrected chi connectivity index (χ4v) is 1.79. The van der Waals surface area contributed by atoms with Gasteiger partial charge in [-0.15, -0.1) is 0 Å². The number of nitro benzene ring substituents is 1. The number of pyridine rings is 1. The van der Waals surface area contributed by atoms with Crippen LogP contribution in [0.15, 0.2) is 30.3 Å². The Labute approximate surface area is 128 Å². The molecule has 1 aromatic heterocycles. The maximum absolute atomic E-state index is 11.0. The first-order chi connectivity index (χ1) is 9.88. The smallest absolute Gasteiger partial charge is 0.313 e. The molecular weight excluding hydrogens is 319 g/mol. The summed E-state index contributed by atoms with van der Waals surface area (Å²) in [7, 11) is 0. The normalized spacial score (nSPS) is 10.2. The number of nitro groups is 1. The van der Waals surface area contributed by atoms with Gasteiger partial charge in [-0.25, -0.2) is 4.98 Å². The van der Waals surface area contributed by atoms with Gasteiger partial charge in [-0.1, -0.05) is 29.3 Å². The molecule has 0 aliphatic heterocycles. The lowest BCUT2D eigenvalue weighted by Crippen LogP contribution is -2.13. The number of nitrogens with one attached hydrogen (secondary N) is 1. The van der Waals surface area contributed by atoms with E-state index in [0.717, 1.165) is 6.07 Å². The van der Waals surface area contributed by atoms with E-state index in [1.165, 1.54) is 18.2 Å². The highest BCUT2D eigenvalue weighted by atomic mass is 35.5. The number of ether oxygens (including phenoxy) is 1. The molecule has 0 amide bonds. The Bertz CT molecular complexity index is 736. The van der Waals surface area contributed by atoms with Gasteiger partial charge in [-0.05, 0) is 6.07 Å². The molecule has 0 saturated carbocycles. The summed E-state index contributed by atoms with van der Waals surface area (Å²) in [6.07, 6.45) is 0. The summed E-state index contributed by atoms with van der Waals surface area (Å²) >= 11 is 11.6. The first kappa shape index (κ1) is 15.0. The molecule has 9 heteroatoms. The molecule has 0 saturated heterocycles. The second-order valence-electron chi connectivity index (χ2n) is 3.87. The van der Waals surface area contributed by atoms with Crippen molar-refractivity contribution in [2.75, 3.05) is 0 Å². The fourth-order valence-electron chi connectivity index (χ4n) is 1.48. The molecule has 0 aliphatic carbocycles. The lowest BCUT2D eigenvalue weighted by molar-refractivity contribution is -0.385. The van der Waals surface area contributed by atoms with Crippen LogP contribution in [-0.4, -0.2) is 15.7 Å². The molecule has 0 fully saturated rings. The lowest BCUT2D eigenvalue weighted by Gasteiger charge is -2.07. The molecular formula is C12H8Cl2N4O3. The quantitative estimate of drug-likeness (QED) is 0.386. The topological polar surface area (TPSA) is 115 Å². The van der Waals surface area contributed by atoms with Crippen molar-refractivity contribution in [2.24, 2.45) is 5.73 Å². The molecule has 2 rings (SSSR count). The summed E-state index contributed by atoms with van der Waals surface area (Å²) < 4.78 is 5.35. The number of nitrogens with two attached hydrogens (primary N) is 1. The van der Waals surface area contributed by atoms with Crippen LogP contribution in [0.5, 0.6) is 11.6 Å². The number of nitrogen functional groups attached to an aromatic ring is 1. The van der Waals surface area contributed by atoms with Gasteiger partial charge in [-0.2, -0.15) is 0 Å². The third-order valence-corrected chi connectivity index (χ3v) is 3.13. The number of rotatable bonds is 4. The van der Waals surface area contributed by atoms with Crippen LogP contribution in [0.4, 0.5) is 5.69 Å². The Morgan fingerprint density at radius 3 is 2.62 bits per heavy atom. The lowest BCUT2D eigenvalue weighted by atomic mass is 10.3. The molecule has 3 N–H and O–H groups in total. The van der Waals surface area contributed by atoms with Crippen LogP contribution in [0.1, 0.15) is 5.69 Å². The Kier molecular flexibility index (Phi) is 4.25. The standard InChI is InChI=1S/C12H8Cl2N4O3/c13-6-4-9(18(19)20)10(5-7(6)14)21-11-3-1-2-8(17-11)12(15)16/h1-5H,(H3,15,16). The van der Waals surface area contributed by atoms with Gasteiger partial charge in [0.2, 0.25) is 11.6 Å². The zero-order chi connectivity index (χ0) is 15.6. The first-order valence-corrected chi connectivity index (χ1v) is 6.27. The summed E-state index contributed by atoms with van der Waals surface area (Å²) in [5, 5.41) is 18.5. The second-order valence-corrected chi connectivity index (χ2v) is 4.68. The van der Waals surface area contributed by atoms with E-state index in [1.54, 1.807) is 6.07 Å². The molecule has 0 aliphatic rings. The van der Waals surface area contributed by atoms with E-state index >= 15 is 0 Å². The van der Waals surface area contributed by atoms with E-state index in [9.17, 15) is 10.1 Å². The fraction of sp³-hybridized carbons (Fsp3) is 0. The van der Waals surface area contributed by atoms with E-state index in [-0.39, 0.29) is 38.9 Å². The summed E-state index contributed by atoms with van der Waals surface area (Å²) in [6.45, 7) is 0. The average molecular weight is 327 g/mol. The van der Waals surface area contributed by atoms with Gasteiger partial charge in [0.25, 0.3) is 0 Å². The highest BCUT2D eigenvalue weighted by Crippen LogP contribution is 2.37. The van der Waals surface area contributed by atoms with Gasteiger partial charge in [0.15, 0.2) is 0 Å². The van der Waals surface area contributed by atoms with Crippen LogP contribution in [0, 0.1) is 15.5 Å². The molecule has 7 nitrogen and oxygen atoms in total. The van der Waals surface area contributed by atoms with Crippen molar-refractivity contribution < 1.29 is 9.66 Å². The predicted molar refractivity (Wildman–Crippen MR) is 78.4 cm³/mol.